The Labute approximate surface area is 204 Å². The molecule has 35 heavy (non-hydrogen) atoms. The van der Waals surface area contributed by atoms with Crippen LogP contribution in [0.25, 0.3) is 16.9 Å². The number of ether oxygens (including phenoxy) is 1. The standard InChI is InChI=1S/C24H22ClF3N4O3/c1-24(28,23(26)27)35-13-14-7-15(9-17(25)8-14)19-11-20(30-22(34)16-10-21(33)29-12-16)31-32(19)18-5-3-2-4-6-18/h2-9,11,16,23H,10,12-13H2,1H3,(H,29,33)(H,30,31,34)/t16-,24-/m0/s1. The highest BCUT2D eigenvalue weighted by Gasteiger charge is 2.36. The lowest BCUT2D eigenvalue weighted by atomic mass is 10.1. The van der Waals surface area contributed by atoms with E-state index in [0.29, 0.717) is 29.4 Å². The molecule has 2 heterocycles. The average molecular weight is 507 g/mol. The zero-order valence-corrected chi connectivity index (χ0v) is 19.4. The molecule has 2 amide bonds. The van der Waals surface area contributed by atoms with E-state index in [2.05, 4.69) is 15.7 Å². The molecule has 11 heteroatoms. The molecule has 7 nitrogen and oxygen atoms in total. The molecule has 1 saturated heterocycles. The molecule has 3 aromatic rings. The van der Waals surface area contributed by atoms with Crippen LogP contribution in [0, 0.1) is 5.92 Å². The monoisotopic (exact) mass is 506 g/mol. The second-order valence-electron chi connectivity index (χ2n) is 8.28. The fraction of sp³-hybridized carbons (Fsp3) is 0.292. The summed E-state index contributed by atoms with van der Waals surface area (Å²) in [5.41, 5.74) is 2.14. The molecule has 184 valence electrons. The SMILES string of the molecule is C[C@](F)(OCc1cc(Cl)cc(-c2cc(NC(=O)[C@@H]3CNC(=O)C3)nn2-c2ccccc2)c1)C(F)F. The van der Waals surface area contributed by atoms with Crippen LogP contribution in [-0.2, 0) is 20.9 Å². The first kappa shape index (κ1) is 24.7. The maximum atomic E-state index is 13.9. The largest absolute Gasteiger partial charge is 0.355 e. The van der Waals surface area contributed by atoms with E-state index in [1.54, 1.807) is 22.9 Å². The average Bonchev–Trinajstić information content (AvgIpc) is 3.44. The van der Waals surface area contributed by atoms with Crippen molar-refractivity contribution >= 4 is 29.2 Å². The molecule has 2 N–H and O–H groups in total. The minimum absolute atomic E-state index is 0.0991. The van der Waals surface area contributed by atoms with Crippen molar-refractivity contribution in [1.29, 1.82) is 0 Å². The van der Waals surface area contributed by atoms with Crippen molar-refractivity contribution in [3.05, 3.63) is 65.2 Å². The van der Waals surface area contributed by atoms with Gasteiger partial charge in [-0.3, -0.25) is 9.59 Å². The molecule has 1 aliphatic heterocycles. The number of carbonyl (C=O) groups excluding carboxylic acids is 2. The highest BCUT2D eigenvalue weighted by molar-refractivity contribution is 6.31. The van der Waals surface area contributed by atoms with Gasteiger partial charge in [0.15, 0.2) is 5.82 Å². The Balaban J connectivity index is 1.67. The molecule has 1 aliphatic rings. The van der Waals surface area contributed by atoms with Gasteiger partial charge in [-0.1, -0.05) is 29.8 Å². The Morgan fingerprint density at radius 2 is 2.03 bits per heavy atom. The zero-order valence-electron chi connectivity index (χ0n) is 18.6. The predicted octanol–water partition coefficient (Wildman–Crippen LogP) is 4.73. The summed E-state index contributed by atoms with van der Waals surface area (Å²) < 4.78 is 45.9. The summed E-state index contributed by atoms with van der Waals surface area (Å²) in [5.74, 6) is -3.90. The maximum absolute atomic E-state index is 13.9. The highest BCUT2D eigenvalue weighted by atomic mass is 35.5. The fourth-order valence-corrected chi connectivity index (χ4v) is 3.86. The molecule has 0 saturated carbocycles. The number of aromatic nitrogens is 2. The molecular formula is C24H22ClF3N4O3. The van der Waals surface area contributed by atoms with E-state index >= 15 is 0 Å². The fourth-order valence-electron chi connectivity index (χ4n) is 3.60. The zero-order chi connectivity index (χ0) is 25.2. The lowest BCUT2D eigenvalue weighted by molar-refractivity contribution is -0.215. The van der Waals surface area contributed by atoms with Crippen LogP contribution in [0.15, 0.2) is 54.6 Å². The minimum Gasteiger partial charge on any atom is -0.355 e. The smallest absolute Gasteiger partial charge is 0.296 e. The molecular weight excluding hydrogens is 485 g/mol. The normalized spacial score (nSPS) is 17.3. The number of rotatable bonds is 8. The summed E-state index contributed by atoms with van der Waals surface area (Å²) in [7, 11) is 0. The van der Waals surface area contributed by atoms with Gasteiger partial charge in [0.2, 0.25) is 11.8 Å². The van der Waals surface area contributed by atoms with Crippen LogP contribution in [0.1, 0.15) is 18.9 Å². The molecule has 4 rings (SSSR count). The summed E-state index contributed by atoms with van der Waals surface area (Å²) in [5, 5.41) is 10.1. The van der Waals surface area contributed by atoms with Gasteiger partial charge in [-0.2, -0.15) is 0 Å². The Morgan fingerprint density at radius 3 is 2.69 bits per heavy atom. The molecule has 2 aromatic carbocycles. The van der Waals surface area contributed by atoms with Crippen LogP contribution in [0.4, 0.5) is 19.0 Å². The molecule has 0 bridgehead atoms. The molecule has 0 unspecified atom stereocenters. The van der Waals surface area contributed by atoms with E-state index in [9.17, 15) is 22.8 Å². The number of nitrogens with one attached hydrogen (secondary N) is 2. The van der Waals surface area contributed by atoms with Crippen LogP contribution < -0.4 is 10.6 Å². The second kappa shape index (κ2) is 10.1. The molecule has 1 aromatic heterocycles. The number of hydrogen-bond donors (Lipinski definition) is 2. The Kier molecular flexibility index (Phi) is 7.13. The van der Waals surface area contributed by atoms with Crippen molar-refractivity contribution in [2.75, 3.05) is 11.9 Å². The number of amides is 2. The number of hydrogen-bond acceptors (Lipinski definition) is 4. The Bertz CT molecular complexity index is 1230. The van der Waals surface area contributed by atoms with E-state index in [4.69, 9.17) is 16.3 Å². The predicted molar refractivity (Wildman–Crippen MR) is 124 cm³/mol. The van der Waals surface area contributed by atoms with Crippen LogP contribution in [-0.4, -0.2) is 40.4 Å². The van der Waals surface area contributed by atoms with Crippen molar-refractivity contribution in [2.24, 2.45) is 5.92 Å². The van der Waals surface area contributed by atoms with Gasteiger partial charge in [0.1, 0.15) is 0 Å². The van der Waals surface area contributed by atoms with Gasteiger partial charge in [0.25, 0.3) is 12.3 Å². The highest BCUT2D eigenvalue weighted by Crippen LogP contribution is 2.31. The topological polar surface area (TPSA) is 85.2 Å². The van der Waals surface area contributed by atoms with Gasteiger partial charge in [-0.15, -0.1) is 5.10 Å². The van der Waals surface area contributed by atoms with E-state index in [0.717, 1.165) is 0 Å². The van der Waals surface area contributed by atoms with Gasteiger partial charge in [-0.05, 0) is 35.9 Å². The third-order valence-electron chi connectivity index (χ3n) is 5.47. The third-order valence-corrected chi connectivity index (χ3v) is 5.69. The van der Waals surface area contributed by atoms with Gasteiger partial charge in [-0.25, -0.2) is 17.9 Å². The van der Waals surface area contributed by atoms with E-state index in [1.807, 2.05) is 30.3 Å². The van der Waals surface area contributed by atoms with Gasteiger partial charge in [0, 0.05) is 36.5 Å². The lowest BCUT2D eigenvalue weighted by Gasteiger charge is -2.20. The van der Waals surface area contributed by atoms with Crippen molar-refractivity contribution in [1.82, 2.24) is 15.1 Å². The summed E-state index contributed by atoms with van der Waals surface area (Å²) in [6.45, 7) is 0.480. The second-order valence-corrected chi connectivity index (χ2v) is 8.72. The van der Waals surface area contributed by atoms with Gasteiger partial charge in [0.05, 0.1) is 23.9 Å². The molecule has 0 spiro atoms. The summed E-state index contributed by atoms with van der Waals surface area (Å²) >= 11 is 6.27. The van der Waals surface area contributed by atoms with Crippen LogP contribution in [0.3, 0.4) is 0 Å². The van der Waals surface area contributed by atoms with Gasteiger partial charge >= 0.3 is 0 Å². The number of carbonyl (C=O) groups is 2. The van der Waals surface area contributed by atoms with Gasteiger partial charge < -0.3 is 15.4 Å². The number of nitrogens with zero attached hydrogens (tertiary/aromatic N) is 2. The summed E-state index contributed by atoms with van der Waals surface area (Å²) in [4.78, 5) is 24.1. The summed E-state index contributed by atoms with van der Waals surface area (Å²) in [6.07, 6.45) is -3.21. The van der Waals surface area contributed by atoms with Crippen LogP contribution >= 0.6 is 11.6 Å². The number of para-hydroxylation sites is 1. The number of halogens is 4. The van der Waals surface area contributed by atoms with E-state index < -0.39 is 24.8 Å². The van der Waals surface area contributed by atoms with E-state index in [-0.39, 0.29) is 35.6 Å². The maximum Gasteiger partial charge on any atom is 0.296 e. The summed E-state index contributed by atoms with van der Waals surface area (Å²) in [6, 6.07) is 15.5. The van der Waals surface area contributed by atoms with E-state index in [1.165, 1.54) is 6.07 Å². The van der Waals surface area contributed by atoms with Crippen molar-refractivity contribution < 1.29 is 27.5 Å². The first-order chi connectivity index (χ1) is 16.6. The molecule has 2 atom stereocenters. The first-order valence-electron chi connectivity index (χ1n) is 10.8. The molecule has 0 aliphatic carbocycles. The van der Waals surface area contributed by atoms with Crippen LogP contribution in [0.2, 0.25) is 5.02 Å². The minimum atomic E-state index is -3.31. The lowest BCUT2D eigenvalue weighted by Crippen LogP contribution is -2.31. The first-order valence-corrected chi connectivity index (χ1v) is 11.1. The number of alkyl halides is 3. The number of anilines is 1. The number of benzene rings is 2. The Hall–Kier alpha value is -3.37. The van der Waals surface area contributed by atoms with Crippen molar-refractivity contribution in [3.63, 3.8) is 0 Å². The van der Waals surface area contributed by atoms with Crippen molar-refractivity contribution in [3.8, 4) is 16.9 Å². The quantitative estimate of drug-likeness (QED) is 0.462. The van der Waals surface area contributed by atoms with Crippen molar-refractivity contribution in [2.45, 2.75) is 32.2 Å². The molecule has 0 radical (unpaired) electrons. The third kappa shape index (κ3) is 5.83. The molecule has 1 fully saturated rings. The Morgan fingerprint density at radius 1 is 1.29 bits per heavy atom. The van der Waals surface area contributed by atoms with Crippen LogP contribution in [0.5, 0.6) is 0 Å².